The van der Waals surface area contributed by atoms with E-state index in [0.717, 1.165) is 5.56 Å². The molecule has 0 atom stereocenters. The number of nitrogens with zero attached hydrogens (tertiary/aromatic N) is 4. The van der Waals surface area contributed by atoms with Crippen LogP contribution < -0.4 is 0 Å². The molecule has 0 bridgehead atoms. The van der Waals surface area contributed by atoms with Gasteiger partial charge in [0.2, 0.25) is 0 Å². The second kappa shape index (κ2) is 6.49. The van der Waals surface area contributed by atoms with Crippen LogP contribution in [0, 0.1) is 6.92 Å². The Morgan fingerprint density at radius 2 is 2.12 bits per heavy atom. The first-order valence-corrected chi connectivity index (χ1v) is 7.45. The van der Waals surface area contributed by atoms with Crippen molar-refractivity contribution in [2.24, 2.45) is 10.2 Å². The van der Waals surface area contributed by atoms with E-state index in [-0.39, 0.29) is 23.9 Å². The molecule has 0 spiro atoms. The number of fused-ring (bicyclic) bond motifs is 1. The van der Waals surface area contributed by atoms with Crippen LogP contribution in [-0.2, 0) is 4.74 Å². The van der Waals surface area contributed by atoms with Crippen LogP contribution in [0.15, 0.2) is 52.8 Å². The van der Waals surface area contributed by atoms with Crippen molar-refractivity contribution in [3.05, 3.63) is 53.9 Å². The number of pyridine rings is 1. The molecular weight excluding hydrogens is 308 g/mol. The molecule has 0 saturated heterocycles. The number of rotatable bonds is 4. The predicted molar refractivity (Wildman–Crippen MR) is 88.2 cm³/mol. The summed E-state index contributed by atoms with van der Waals surface area (Å²) in [5.41, 5.74) is 2.14. The van der Waals surface area contributed by atoms with Crippen LogP contribution in [0.4, 0.5) is 11.5 Å². The number of carbonyl (C=O) groups excluding carboxylic acids is 1. The summed E-state index contributed by atoms with van der Waals surface area (Å²) in [6.07, 6.45) is 1.82. The van der Waals surface area contributed by atoms with Crippen LogP contribution in [0.1, 0.15) is 23.0 Å². The van der Waals surface area contributed by atoms with Gasteiger partial charge in [0.1, 0.15) is 11.4 Å². The number of ether oxygens (including phenoxy) is 1. The van der Waals surface area contributed by atoms with Gasteiger partial charge in [0.25, 0.3) is 0 Å². The summed E-state index contributed by atoms with van der Waals surface area (Å²) < 4.78 is 6.73. The van der Waals surface area contributed by atoms with Crippen LogP contribution in [-0.4, -0.2) is 27.1 Å². The summed E-state index contributed by atoms with van der Waals surface area (Å²) in [7, 11) is 0. The standard InChI is InChI=1S/C17H16N4O3/c1-3-24-17(23)15-16(20-19-12-5-4-6-13(22)9-12)21-10-11(2)7-8-14(21)18-15/h4-10,22H,3H2,1-2H3. The van der Waals surface area contributed by atoms with Gasteiger partial charge in [0, 0.05) is 12.3 Å². The fourth-order valence-electron chi connectivity index (χ4n) is 2.23. The largest absolute Gasteiger partial charge is 0.508 e. The van der Waals surface area contributed by atoms with Crippen LogP contribution >= 0.6 is 0 Å². The van der Waals surface area contributed by atoms with E-state index in [9.17, 15) is 9.90 Å². The van der Waals surface area contributed by atoms with Gasteiger partial charge in [0.05, 0.1) is 12.3 Å². The number of aromatic hydroxyl groups is 1. The number of phenols is 1. The highest BCUT2D eigenvalue weighted by molar-refractivity contribution is 5.93. The number of aromatic nitrogens is 2. The van der Waals surface area contributed by atoms with E-state index in [4.69, 9.17) is 4.74 Å². The second-order valence-electron chi connectivity index (χ2n) is 5.16. The van der Waals surface area contributed by atoms with Crippen molar-refractivity contribution in [3.8, 4) is 5.75 Å². The summed E-state index contributed by atoms with van der Waals surface area (Å²) in [6, 6.07) is 10.1. The third-order valence-corrected chi connectivity index (χ3v) is 3.30. The van der Waals surface area contributed by atoms with Crippen LogP contribution in [0.2, 0.25) is 0 Å². The van der Waals surface area contributed by atoms with Gasteiger partial charge in [-0.2, -0.15) is 0 Å². The molecule has 1 aromatic carbocycles. The van der Waals surface area contributed by atoms with Crippen LogP contribution in [0.5, 0.6) is 5.75 Å². The first-order chi connectivity index (χ1) is 11.6. The SMILES string of the molecule is CCOC(=O)c1nc2ccc(C)cn2c1N=Nc1cccc(O)c1. The van der Waals surface area contributed by atoms with Crippen molar-refractivity contribution in [2.45, 2.75) is 13.8 Å². The minimum absolute atomic E-state index is 0.0889. The van der Waals surface area contributed by atoms with Crippen LogP contribution in [0.25, 0.3) is 5.65 Å². The van der Waals surface area contributed by atoms with Gasteiger partial charge in [-0.15, -0.1) is 10.2 Å². The van der Waals surface area contributed by atoms with E-state index in [1.165, 1.54) is 6.07 Å². The Hall–Kier alpha value is -3.22. The number of phenolic OH excluding ortho intramolecular Hbond substituents is 1. The first kappa shape index (κ1) is 15.7. The molecule has 0 saturated carbocycles. The molecule has 0 aliphatic heterocycles. The minimum atomic E-state index is -0.552. The van der Waals surface area contributed by atoms with E-state index >= 15 is 0 Å². The van der Waals surface area contributed by atoms with Gasteiger partial charge < -0.3 is 9.84 Å². The van der Waals surface area contributed by atoms with Crippen LogP contribution in [0.3, 0.4) is 0 Å². The molecule has 0 aliphatic carbocycles. The number of aryl methyl sites for hydroxylation is 1. The normalized spacial score (nSPS) is 11.2. The maximum atomic E-state index is 12.1. The molecular formula is C17H16N4O3. The van der Waals surface area contributed by atoms with Crippen molar-refractivity contribution in [3.63, 3.8) is 0 Å². The van der Waals surface area contributed by atoms with Crippen molar-refractivity contribution in [1.29, 1.82) is 0 Å². The zero-order valence-electron chi connectivity index (χ0n) is 13.3. The lowest BCUT2D eigenvalue weighted by Gasteiger charge is -2.00. The summed E-state index contributed by atoms with van der Waals surface area (Å²) in [5.74, 6) is -0.176. The molecule has 3 aromatic rings. The van der Waals surface area contributed by atoms with Gasteiger partial charge in [-0.25, -0.2) is 9.78 Å². The summed E-state index contributed by atoms with van der Waals surface area (Å²) in [6.45, 7) is 3.90. The fourth-order valence-corrected chi connectivity index (χ4v) is 2.23. The Morgan fingerprint density at radius 1 is 1.29 bits per heavy atom. The molecule has 0 unspecified atom stereocenters. The van der Waals surface area contributed by atoms with Gasteiger partial charge in [-0.05, 0) is 37.6 Å². The lowest BCUT2D eigenvalue weighted by molar-refractivity contribution is 0.0521. The highest BCUT2D eigenvalue weighted by Gasteiger charge is 2.20. The van der Waals surface area contributed by atoms with Crippen molar-refractivity contribution < 1.29 is 14.6 Å². The molecule has 0 amide bonds. The number of carbonyl (C=O) groups is 1. The van der Waals surface area contributed by atoms with Crippen molar-refractivity contribution >= 4 is 23.1 Å². The summed E-state index contributed by atoms with van der Waals surface area (Å²) in [4.78, 5) is 16.4. The van der Waals surface area contributed by atoms with Gasteiger partial charge in [-0.3, -0.25) is 4.40 Å². The molecule has 2 aromatic heterocycles. The third kappa shape index (κ3) is 3.10. The molecule has 24 heavy (non-hydrogen) atoms. The molecule has 2 heterocycles. The Labute approximate surface area is 138 Å². The van der Waals surface area contributed by atoms with Gasteiger partial charge in [-0.1, -0.05) is 12.1 Å². The second-order valence-corrected chi connectivity index (χ2v) is 5.16. The van der Waals surface area contributed by atoms with Gasteiger partial charge in [0.15, 0.2) is 11.5 Å². The number of esters is 1. The number of imidazole rings is 1. The van der Waals surface area contributed by atoms with E-state index in [0.29, 0.717) is 11.3 Å². The quantitative estimate of drug-likeness (QED) is 0.581. The fraction of sp³-hybridized carbons (Fsp3) is 0.176. The molecule has 0 radical (unpaired) electrons. The topological polar surface area (TPSA) is 88.5 Å². The number of hydrogen-bond acceptors (Lipinski definition) is 6. The smallest absolute Gasteiger partial charge is 0.360 e. The molecule has 0 fully saturated rings. The van der Waals surface area contributed by atoms with E-state index < -0.39 is 5.97 Å². The van der Waals surface area contributed by atoms with E-state index in [1.807, 2.05) is 19.2 Å². The van der Waals surface area contributed by atoms with E-state index in [2.05, 4.69) is 15.2 Å². The lowest BCUT2D eigenvalue weighted by atomic mass is 10.3. The van der Waals surface area contributed by atoms with Crippen molar-refractivity contribution in [2.75, 3.05) is 6.61 Å². The number of azo groups is 1. The maximum Gasteiger partial charge on any atom is 0.360 e. The lowest BCUT2D eigenvalue weighted by Crippen LogP contribution is -2.05. The maximum absolute atomic E-state index is 12.1. The average Bonchev–Trinajstić information content (AvgIpc) is 2.91. The van der Waals surface area contributed by atoms with E-state index in [1.54, 1.807) is 35.6 Å². The molecule has 7 heteroatoms. The van der Waals surface area contributed by atoms with Crippen molar-refractivity contribution in [1.82, 2.24) is 9.38 Å². The minimum Gasteiger partial charge on any atom is -0.508 e. The highest BCUT2D eigenvalue weighted by atomic mass is 16.5. The Balaban J connectivity index is 2.11. The predicted octanol–water partition coefficient (Wildman–Crippen LogP) is 3.94. The Kier molecular flexibility index (Phi) is 4.24. The average molecular weight is 324 g/mol. The molecule has 7 nitrogen and oxygen atoms in total. The molecule has 3 rings (SSSR count). The Morgan fingerprint density at radius 3 is 2.88 bits per heavy atom. The monoisotopic (exact) mass is 324 g/mol. The van der Waals surface area contributed by atoms with Gasteiger partial charge >= 0.3 is 5.97 Å². The third-order valence-electron chi connectivity index (χ3n) is 3.30. The zero-order valence-corrected chi connectivity index (χ0v) is 13.3. The Bertz CT molecular complexity index is 931. The molecule has 0 aliphatic rings. The highest BCUT2D eigenvalue weighted by Crippen LogP contribution is 2.26. The number of hydrogen-bond donors (Lipinski definition) is 1. The summed E-state index contributed by atoms with van der Waals surface area (Å²) in [5, 5.41) is 17.8. The first-order valence-electron chi connectivity index (χ1n) is 7.45. The summed E-state index contributed by atoms with van der Waals surface area (Å²) >= 11 is 0. The molecule has 1 N–H and O–H groups in total. The zero-order chi connectivity index (χ0) is 17.1. The molecule has 122 valence electrons. The number of benzene rings is 1.